The van der Waals surface area contributed by atoms with Crippen LogP contribution in [-0.2, 0) is 6.42 Å². The van der Waals surface area contributed by atoms with Crippen LogP contribution in [-0.4, -0.2) is 14.2 Å². The van der Waals surface area contributed by atoms with Crippen LogP contribution in [0.1, 0.15) is 17.7 Å². The predicted octanol–water partition coefficient (Wildman–Crippen LogP) is 9.28. The minimum atomic E-state index is -1.46. The number of hydrogen-bond acceptors (Lipinski definition) is 1. The van der Waals surface area contributed by atoms with Crippen molar-refractivity contribution in [1.82, 2.24) is 14.2 Å². The van der Waals surface area contributed by atoms with Crippen LogP contribution in [0.5, 0.6) is 0 Å². The first kappa shape index (κ1) is 24.6. The molecule has 1 aliphatic rings. The summed E-state index contributed by atoms with van der Waals surface area (Å²) >= 11 is 0. The van der Waals surface area contributed by atoms with Crippen LogP contribution in [0.3, 0.4) is 0 Å². The Morgan fingerprint density at radius 3 is 1.93 bits per heavy atom. The van der Waals surface area contributed by atoms with Crippen molar-refractivity contribution >= 4 is 33.4 Å². The fraction of sp³-hybridized carbons (Fsp3) is 0.0571. The number of halogens is 4. The summed E-state index contributed by atoms with van der Waals surface area (Å²) in [6.07, 6.45) is 6.04. The molecule has 4 aromatic carbocycles. The molecule has 42 heavy (non-hydrogen) atoms. The Bertz CT molecular complexity index is 2160. The first-order chi connectivity index (χ1) is 20.5. The van der Waals surface area contributed by atoms with E-state index in [0.29, 0.717) is 22.3 Å². The Balaban J connectivity index is 1.24. The summed E-state index contributed by atoms with van der Waals surface area (Å²) in [6.45, 7) is 0. The van der Waals surface area contributed by atoms with Gasteiger partial charge in [0.2, 0.25) is 0 Å². The van der Waals surface area contributed by atoms with Crippen molar-refractivity contribution in [2.24, 2.45) is 0 Å². The highest BCUT2D eigenvalue weighted by Crippen LogP contribution is 2.39. The van der Waals surface area contributed by atoms with Gasteiger partial charge >= 0.3 is 0 Å². The number of allylic oxidation sites excluding steroid dienone is 1. The molecule has 0 N–H and O–H groups in total. The van der Waals surface area contributed by atoms with Gasteiger partial charge in [-0.25, -0.2) is 22.1 Å². The second kappa shape index (κ2) is 9.17. The maximum absolute atomic E-state index is 15.8. The molecule has 0 fully saturated rings. The summed E-state index contributed by atoms with van der Waals surface area (Å²) in [5.41, 5.74) is 3.94. The van der Waals surface area contributed by atoms with Crippen LogP contribution in [0, 0.1) is 23.3 Å². The normalized spacial score (nSPS) is 13.0. The van der Waals surface area contributed by atoms with Crippen molar-refractivity contribution in [3.8, 4) is 28.1 Å². The minimum Gasteiger partial charge on any atom is -0.304 e. The first-order valence-electron chi connectivity index (χ1n) is 13.6. The van der Waals surface area contributed by atoms with Crippen molar-refractivity contribution in [3.63, 3.8) is 0 Å². The molecule has 3 nitrogen and oxygen atoms in total. The van der Waals surface area contributed by atoms with Gasteiger partial charge in [0.25, 0.3) is 0 Å². The van der Waals surface area contributed by atoms with E-state index in [0.717, 1.165) is 40.4 Å². The summed E-state index contributed by atoms with van der Waals surface area (Å²) in [4.78, 5) is 0. The van der Waals surface area contributed by atoms with Crippen LogP contribution in [0.25, 0.3) is 61.5 Å². The number of hydrogen-bond donors (Lipinski definition) is 0. The Labute approximate surface area is 237 Å². The van der Waals surface area contributed by atoms with Gasteiger partial charge in [-0.1, -0.05) is 78.9 Å². The standard InChI is InChI=1S/C35H21F4N3/c36-31-30(22-15-13-20(14-16-22)26-19-23-18-17-21-7-1-4-10-27(21)42(23)40-26)32(37)34(39)35(33(31)38)41-28-11-5-2-8-24(28)25-9-3-6-12-29(25)41/h1-3,5-9,11-19H,4,10H2. The monoisotopic (exact) mass is 559 g/mol. The zero-order valence-electron chi connectivity index (χ0n) is 22.1. The van der Waals surface area contributed by atoms with Crippen LogP contribution in [0.15, 0.2) is 97.1 Å². The smallest absolute Gasteiger partial charge is 0.186 e. The molecule has 1 aliphatic carbocycles. The molecule has 7 aromatic rings. The average Bonchev–Trinajstić information content (AvgIpc) is 3.61. The fourth-order valence-corrected chi connectivity index (χ4v) is 6.14. The number of benzene rings is 4. The molecule has 0 saturated heterocycles. The van der Waals surface area contributed by atoms with Gasteiger partial charge in [-0.05, 0) is 48.2 Å². The maximum Gasteiger partial charge on any atom is 0.186 e. The number of fused-ring (bicyclic) bond motifs is 6. The summed E-state index contributed by atoms with van der Waals surface area (Å²) in [6, 6.07) is 26.2. The molecular weight excluding hydrogens is 538 g/mol. The Hall–Kier alpha value is -5.17. The van der Waals surface area contributed by atoms with E-state index in [9.17, 15) is 0 Å². The SMILES string of the molecule is Fc1c(F)c(-n2c3ccccc3c3ccccc32)c(F)c(F)c1-c1ccc(-c2cc3ccc4c(n3n2)CCC=C4)cc1. The molecule has 0 saturated carbocycles. The van der Waals surface area contributed by atoms with Crippen LogP contribution in [0.4, 0.5) is 17.6 Å². The largest absolute Gasteiger partial charge is 0.304 e. The molecule has 0 aliphatic heterocycles. The van der Waals surface area contributed by atoms with Gasteiger partial charge in [0, 0.05) is 16.3 Å². The van der Waals surface area contributed by atoms with E-state index in [1.807, 2.05) is 28.8 Å². The topological polar surface area (TPSA) is 22.2 Å². The lowest BCUT2D eigenvalue weighted by atomic mass is 10.0. The number of aryl methyl sites for hydroxylation is 1. The van der Waals surface area contributed by atoms with Gasteiger partial charge in [0.05, 0.1) is 33.5 Å². The molecule has 8 rings (SSSR count). The molecule has 0 amide bonds. The highest BCUT2D eigenvalue weighted by molar-refractivity contribution is 6.09. The quantitative estimate of drug-likeness (QED) is 0.156. The lowest BCUT2D eigenvalue weighted by Crippen LogP contribution is -2.09. The van der Waals surface area contributed by atoms with Crippen LogP contribution in [0.2, 0.25) is 0 Å². The number of rotatable bonds is 3. The average molecular weight is 560 g/mol. The van der Waals surface area contributed by atoms with Crippen molar-refractivity contribution in [2.45, 2.75) is 12.8 Å². The van der Waals surface area contributed by atoms with Gasteiger partial charge in [0.1, 0.15) is 5.69 Å². The van der Waals surface area contributed by atoms with E-state index < -0.39 is 34.5 Å². The molecule has 7 heteroatoms. The van der Waals surface area contributed by atoms with Gasteiger partial charge in [-0.3, -0.25) is 0 Å². The third-order valence-corrected chi connectivity index (χ3v) is 8.12. The summed E-state index contributed by atoms with van der Waals surface area (Å²) in [5, 5.41) is 6.20. The molecule has 3 heterocycles. The van der Waals surface area contributed by atoms with Crippen molar-refractivity contribution < 1.29 is 17.6 Å². The number of pyridine rings is 1. The predicted molar refractivity (Wildman–Crippen MR) is 158 cm³/mol. The first-order valence-corrected chi connectivity index (χ1v) is 13.6. The molecule has 0 spiro atoms. The number of aromatic nitrogens is 3. The zero-order chi connectivity index (χ0) is 28.5. The van der Waals surface area contributed by atoms with Crippen molar-refractivity contribution in [2.75, 3.05) is 0 Å². The van der Waals surface area contributed by atoms with Gasteiger partial charge in [-0.15, -0.1) is 0 Å². The third-order valence-electron chi connectivity index (χ3n) is 8.12. The van der Waals surface area contributed by atoms with Crippen molar-refractivity contribution in [3.05, 3.63) is 132 Å². The second-order valence-electron chi connectivity index (χ2n) is 10.5. The molecule has 0 radical (unpaired) electrons. The molecule has 0 unspecified atom stereocenters. The number of nitrogens with zero attached hydrogens (tertiary/aromatic N) is 3. The third kappa shape index (κ3) is 3.49. The van der Waals surface area contributed by atoms with Crippen molar-refractivity contribution in [1.29, 1.82) is 0 Å². The van der Waals surface area contributed by atoms with Gasteiger partial charge < -0.3 is 4.57 Å². The second-order valence-corrected chi connectivity index (χ2v) is 10.5. The van der Waals surface area contributed by atoms with E-state index >= 15 is 17.6 Å². The molecule has 0 atom stereocenters. The number of para-hydroxylation sites is 2. The van der Waals surface area contributed by atoms with E-state index in [1.54, 1.807) is 48.5 Å². The lowest BCUT2D eigenvalue weighted by Gasteiger charge is -2.15. The maximum atomic E-state index is 15.8. The summed E-state index contributed by atoms with van der Waals surface area (Å²) in [5.74, 6) is -5.82. The fourth-order valence-electron chi connectivity index (χ4n) is 6.14. The highest BCUT2D eigenvalue weighted by Gasteiger charge is 2.29. The van der Waals surface area contributed by atoms with E-state index in [4.69, 9.17) is 5.10 Å². The molecule has 0 bridgehead atoms. The Kier molecular flexibility index (Phi) is 5.38. The summed E-state index contributed by atoms with van der Waals surface area (Å²) in [7, 11) is 0. The van der Waals surface area contributed by atoms with Gasteiger partial charge in [0.15, 0.2) is 23.3 Å². The molecular formula is C35H21F4N3. The highest BCUT2D eigenvalue weighted by atomic mass is 19.2. The molecule has 204 valence electrons. The Morgan fingerprint density at radius 2 is 1.26 bits per heavy atom. The minimum absolute atomic E-state index is 0.0200. The lowest BCUT2D eigenvalue weighted by molar-refractivity contribution is 0.454. The van der Waals surface area contributed by atoms with Gasteiger partial charge in [-0.2, -0.15) is 5.10 Å². The molecule has 3 aromatic heterocycles. The zero-order valence-corrected chi connectivity index (χ0v) is 22.1. The van der Waals surface area contributed by atoms with E-state index in [-0.39, 0.29) is 5.56 Å². The van der Waals surface area contributed by atoms with E-state index in [1.165, 1.54) is 16.7 Å². The van der Waals surface area contributed by atoms with Crippen LogP contribution < -0.4 is 0 Å². The summed E-state index contributed by atoms with van der Waals surface area (Å²) < 4.78 is 66.1. The van der Waals surface area contributed by atoms with Crippen LogP contribution >= 0.6 is 0 Å². The van der Waals surface area contributed by atoms with E-state index in [2.05, 4.69) is 18.2 Å². The Morgan fingerprint density at radius 1 is 0.643 bits per heavy atom.